The predicted octanol–water partition coefficient (Wildman–Crippen LogP) is 4.17. The monoisotopic (exact) mass is 471 g/mol. The number of hydrogen-bond donors (Lipinski definition) is 2. The van der Waals surface area contributed by atoms with Crippen molar-refractivity contribution in [3.8, 4) is 11.5 Å². The number of fused-ring (bicyclic) bond motifs is 2. The van der Waals surface area contributed by atoms with E-state index in [0.29, 0.717) is 41.6 Å². The Morgan fingerprint density at radius 1 is 1.06 bits per heavy atom. The highest BCUT2D eigenvalue weighted by Gasteiger charge is 2.49. The Morgan fingerprint density at radius 2 is 1.83 bits per heavy atom. The molecule has 2 aliphatic heterocycles. The lowest BCUT2D eigenvalue weighted by Crippen LogP contribution is -2.30. The van der Waals surface area contributed by atoms with E-state index in [-0.39, 0.29) is 17.3 Å². The van der Waals surface area contributed by atoms with Gasteiger partial charge in [-0.1, -0.05) is 0 Å². The average molecular weight is 471 g/mol. The van der Waals surface area contributed by atoms with Crippen LogP contribution in [0.4, 0.5) is 5.95 Å². The SMILES string of the molecule is Cc1cc2nc(N3C(=O)C(=O)/C(=C(/O)c4ccc5c(c4)OCCO5)C3c3ccco3)[nH]c2cc1C. The minimum absolute atomic E-state index is 0.102. The number of Topliss-reactive ketones (excluding diaryl/α,β-unsaturated/α-hetero) is 1. The lowest BCUT2D eigenvalue weighted by atomic mass is 9.99. The minimum Gasteiger partial charge on any atom is -0.507 e. The molecule has 9 heteroatoms. The lowest BCUT2D eigenvalue weighted by molar-refractivity contribution is -0.132. The van der Waals surface area contributed by atoms with E-state index >= 15 is 0 Å². The molecule has 0 saturated carbocycles. The van der Waals surface area contributed by atoms with E-state index in [2.05, 4.69) is 9.97 Å². The van der Waals surface area contributed by atoms with Crippen LogP contribution in [0.25, 0.3) is 16.8 Å². The highest BCUT2D eigenvalue weighted by atomic mass is 16.6. The van der Waals surface area contributed by atoms with E-state index in [4.69, 9.17) is 13.9 Å². The molecule has 1 atom stereocenters. The van der Waals surface area contributed by atoms with Gasteiger partial charge in [-0.25, -0.2) is 4.98 Å². The summed E-state index contributed by atoms with van der Waals surface area (Å²) < 4.78 is 16.8. The number of nitrogens with one attached hydrogen (secondary N) is 1. The van der Waals surface area contributed by atoms with Crippen molar-refractivity contribution in [3.05, 3.63) is 76.8 Å². The summed E-state index contributed by atoms with van der Waals surface area (Å²) in [5, 5.41) is 11.3. The first kappa shape index (κ1) is 21.0. The summed E-state index contributed by atoms with van der Waals surface area (Å²) in [5.74, 6) is -0.502. The van der Waals surface area contributed by atoms with Gasteiger partial charge in [0.15, 0.2) is 11.5 Å². The maximum absolute atomic E-state index is 13.3. The number of H-pyrrole nitrogens is 1. The molecule has 176 valence electrons. The molecule has 2 N–H and O–H groups in total. The number of aliphatic hydroxyl groups is 1. The number of imidazole rings is 1. The molecule has 0 bridgehead atoms. The van der Waals surface area contributed by atoms with Crippen LogP contribution >= 0.6 is 0 Å². The molecule has 2 aromatic heterocycles. The smallest absolute Gasteiger partial charge is 0.302 e. The number of aryl methyl sites for hydroxylation is 2. The van der Waals surface area contributed by atoms with Crippen LogP contribution in [-0.2, 0) is 9.59 Å². The van der Waals surface area contributed by atoms with Gasteiger partial charge in [0, 0.05) is 5.56 Å². The maximum Gasteiger partial charge on any atom is 0.302 e. The summed E-state index contributed by atoms with van der Waals surface area (Å²) in [5.41, 5.74) is 3.73. The first-order chi connectivity index (χ1) is 16.9. The van der Waals surface area contributed by atoms with Crippen LogP contribution in [0.15, 0.2) is 58.7 Å². The average Bonchev–Trinajstić information content (AvgIpc) is 3.58. The van der Waals surface area contributed by atoms with Crippen molar-refractivity contribution in [1.82, 2.24) is 9.97 Å². The molecule has 1 amide bonds. The van der Waals surface area contributed by atoms with Crippen molar-refractivity contribution >= 4 is 34.4 Å². The second-order valence-electron chi connectivity index (χ2n) is 8.56. The number of anilines is 1. The van der Waals surface area contributed by atoms with E-state index in [1.54, 1.807) is 30.3 Å². The third-order valence-corrected chi connectivity index (χ3v) is 6.39. The zero-order valence-corrected chi connectivity index (χ0v) is 19.0. The van der Waals surface area contributed by atoms with E-state index in [0.717, 1.165) is 16.6 Å². The Balaban J connectivity index is 1.52. The molecule has 4 heterocycles. The van der Waals surface area contributed by atoms with Crippen LogP contribution in [0.5, 0.6) is 11.5 Å². The van der Waals surface area contributed by atoms with Crippen molar-refractivity contribution in [1.29, 1.82) is 0 Å². The number of hydrogen-bond acceptors (Lipinski definition) is 7. The normalized spacial score (nSPS) is 19.0. The standard InChI is InChI=1S/C26H21N3O6/c1-13-10-16-17(11-14(13)2)28-26(27-16)29-22(19-4-3-7-33-19)21(24(31)25(29)32)23(30)15-5-6-18-20(12-15)35-9-8-34-18/h3-7,10-12,22,30H,8-9H2,1-2H3,(H,27,28)/b23-21+. The largest absolute Gasteiger partial charge is 0.507 e. The number of aliphatic hydroxyl groups excluding tert-OH is 1. The van der Waals surface area contributed by atoms with Gasteiger partial charge in [0.05, 0.1) is 22.9 Å². The van der Waals surface area contributed by atoms with Crippen LogP contribution in [0.2, 0.25) is 0 Å². The molecule has 9 nitrogen and oxygen atoms in total. The first-order valence-corrected chi connectivity index (χ1v) is 11.1. The van der Waals surface area contributed by atoms with E-state index in [1.807, 2.05) is 26.0 Å². The molecule has 4 aromatic rings. The minimum atomic E-state index is -1.01. The number of furan rings is 1. The third-order valence-electron chi connectivity index (χ3n) is 6.39. The lowest BCUT2D eigenvalue weighted by Gasteiger charge is -2.21. The quantitative estimate of drug-likeness (QED) is 0.262. The van der Waals surface area contributed by atoms with Gasteiger partial charge in [-0.15, -0.1) is 0 Å². The van der Waals surface area contributed by atoms with Crippen molar-refractivity contribution < 1.29 is 28.6 Å². The number of benzene rings is 2. The predicted molar refractivity (Wildman–Crippen MR) is 126 cm³/mol. The second-order valence-corrected chi connectivity index (χ2v) is 8.56. The Bertz CT molecular complexity index is 1490. The van der Waals surface area contributed by atoms with Gasteiger partial charge in [0.1, 0.15) is 30.8 Å². The van der Waals surface area contributed by atoms with Crippen molar-refractivity contribution in [2.75, 3.05) is 18.1 Å². The zero-order chi connectivity index (χ0) is 24.3. The Kier molecular flexibility index (Phi) is 4.67. The summed E-state index contributed by atoms with van der Waals surface area (Å²) in [6.07, 6.45) is 1.45. The van der Waals surface area contributed by atoms with Crippen LogP contribution < -0.4 is 14.4 Å². The number of carbonyl (C=O) groups is 2. The van der Waals surface area contributed by atoms with Gasteiger partial charge in [0.2, 0.25) is 5.95 Å². The molecule has 2 aliphatic rings. The molecule has 0 aliphatic carbocycles. The fraction of sp³-hybridized carbons (Fsp3) is 0.192. The number of carbonyl (C=O) groups excluding carboxylic acids is 2. The van der Waals surface area contributed by atoms with Gasteiger partial charge in [-0.2, -0.15) is 0 Å². The summed E-state index contributed by atoms with van der Waals surface area (Å²) in [7, 11) is 0. The van der Waals surface area contributed by atoms with E-state index in [1.165, 1.54) is 11.2 Å². The molecule has 0 radical (unpaired) electrons. The number of rotatable bonds is 3. The first-order valence-electron chi connectivity index (χ1n) is 11.1. The second kappa shape index (κ2) is 7.76. The van der Waals surface area contributed by atoms with Crippen LogP contribution in [0.1, 0.15) is 28.5 Å². The number of ketones is 1. The molecule has 1 fully saturated rings. The van der Waals surface area contributed by atoms with Crippen molar-refractivity contribution in [2.45, 2.75) is 19.9 Å². The molecule has 6 rings (SSSR count). The molecular weight excluding hydrogens is 450 g/mol. The van der Waals surface area contributed by atoms with Gasteiger partial charge >= 0.3 is 5.91 Å². The number of aromatic amines is 1. The van der Waals surface area contributed by atoms with Crippen molar-refractivity contribution in [3.63, 3.8) is 0 Å². The third kappa shape index (κ3) is 3.27. The maximum atomic E-state index is 13.3. The van der Waals surface area contributed by atoms with E-state index in [9.17, 15) is 14.7 Å². The Morgan fingerprint density at radius 3 is 2.60 bits per heavy atom. The van der Waals surface area contributed by atoms with Crippen LogP contribution in [0, 0.1) is 13.8 Å². The molecule has 1 unspecified atom stereocenters. The number of nitrogens with zero attached hydrogens (tertiary/aromatic N) is 2. The van der Waals surface area contributed by atoms with E-state index < -0.39 is 17.7 Å². The Labute approximate surface area is 199 Å². The van der Waals surface area contributed by atoms with Crippen molar-refractivity contribution in [2.24, 2.45) is 0 Å². The molecule has 1 saturated heterocycles. The Hall–Kier alpha value is -4.53. The van der Waals surface area contributed by atoms with Gasteiger partial charge in [-0.05, 0) is 67.4 Å². The van der Waals surface area contributed by atoms with Gasteiger partial charge in [0.25, 0.3) is 5.78 Å². The van der Waals surface area contributed by atoms with Gasteiger partial charge < -0.3 is 24.0 Å². The fourth-order valence-corrected chi connectivity index (χ4v) is 4.48. The fourth-order valence-electron chi connectivity index (χ4n) is 4.48. The highest BCUT2D eigenvalue weighted by Crippen LogP contribution is 2.43. The number of aromatic nitrogens is 2. The van der Waals surface area contributed by atoms with Crippen LogP contribution in [-0.4, -0.2) is 40.0 Å². The van der Waals surface area contributed by atoms with Crippen LogP contribution in [0.3, 0.4) is 0 Å². The summed E-state index contributed by atoms with van der Waals surface area (Å²) >= 11 is 0. The molecule has 0 spiro atoms. The number of amides is 1. The summed E-state index contributed by atoms with van der Waals surface area (Å²) in [6, 6.07) is 11.0. The highest BCUT2D eigenvalue weighted by molar-refractivity contribution is 6.51. The zero-order valence-electron chi connectivity index (χ0n) is 19.0. The van der Waals surface area contributed by atoms with Gasteiger partial charge in [-0.3, -0.25) is 14.5 Å². The molecule has 35 heavy (non-hydrogen) atoms. The molecular formula is C26H21N3O6. The topological polar surface area (TPSA) is 118 Å². The summed E-state index contributed by atoms with van der Waals surface area (Å²) in [6.45, 7) is 4.76. The number of ether oxygens (including phenoxy) is 2. The summed E-state index contributed by atoms with van der Waals surface area (Å²) in [4.78, 5) is 35.5. The molecule has 2 aromatic carbocycles.